The van der Waals surface area contributed by atoms with Crippen molar-refractivity contribution in [3.05, 3.63) is 36.5 Å². The zero-order valence-electron chi connectivity index (χ0n) is 11.1. The fourth-order valence-corrected chi connectivity index (χ4v) is 3.21. The SMILES string of the molecule is CCn1c(-c2cccc3ncccc23)nnc1S(=O)(=O)Cl. The molecule has 0 bridgehead atoms. The molecule has 0 amide bonds. The highest BCUT2D eigenvalue weighted by Crippen LogP contribution is 2.28. The Morgan fingerprint density at radius 1 is 1.19 bits per heavy atom. The fourth-order valence-electron chi connectivity index (χ4n) is 2.25. The summed E-state index contributed by atoms with van der Waals surface area (Å²) in [6, 6.07) is 9.29. The minimum atomic E-state index is -3.94. The Labute approximate surface area is 125 Å². The first-order chi connectivity index (χ1) is 10.0. The lowest BCUT2D eigenvalue weighted by Gasteiger charge is -2.08. The lowest BCUT2D eigenvalue weighted by Crippen LogP contribution is -2.06. The molecule has 1 aromatic carbocycles. The maximum Gasteiger partial charge on any atom is 0.296 e. The van der Waals surface area contributed by atoms with Crippen molar-refractivity contribution in [2.24, 2.45) is 0 Å². The summed E-state index contributed by atoms with van der Waals surface area (Å²) in [5, 5.41) is 8.34. The molecule has 21 heavy (non-hydrogen) atoms. The van der Waals surface area contributed by atoms with Gasteiger partial charge in [0.2, 0.25) is 0 Å². The van der Waals surface area contributed by atoms with Crippen LogP contribution in [0.1, 0.15) is 6.92 Å². The molecule has 6 nitrogen and oxygen atoms in total. The van der Waals surface area contributed by atoms with Gasteiger partial charge in [-0.2, -0.15) is 0 Å². The minimum Gasteiger partial charge on any atom is -0.297 e. The quantitative estimate of drug-likeness (QED) is 0.692. The number of hydrogen-bond acceptors (Lipinski definition) is 5. The van der Waals surface area contributed by atoms with Gasteiger partial charge in [-0.1, -0.05) is 18.2 Å². The summed E-state index contributed by atoms with van der Waals surface area (Å²) >= 11 is 0. The van der Waals surface area contributed by atoms with Gasteiger partial charge in [0.15, 0.2) is 5.82 Å². The standard InChI is InChI=1S/C13H11ClN4O2S/c1-2-18-12(16-17-13(18)21(14,19)20)10-5-3-7-11-9(10)6-4-8-15-11/h3-8H,2H2,1H3. The van der Waals surface area contributed by atoms with E-state index in [0.29, 0.717) is 12.4 Å². The van der Waals surface area contributed by atoms with Crippen LogP contribution in [-0.2, 0) is 15.6 Å². The summed E-state index contributed by atoms with van der Waals surface area (Å²) in [5.74, 6) is 0.454. The van der Waals surface area contributed by atoms with E-state index >= 15 is 0 Å². The van der Waals surface area contributed by atoms with Crippen LogP contribution in [0.4, 0.5) is 0 Å². The Morgan fingerprint density at radius 2 is 2.00 bits per heavy atom. The summed E-state index contributed by atoms with van der Waals surface area (Å²) < 4.78 is 24.6. The van der Waals surface area contributed by atoms with E-state index in [0.717, 1.165) is 16.5 Å². The Balaban J connectivity index is 2.32. The third kappa shape index (κ3) is 2.38. The van der Waals surface area contributed by atoms with E-state index in [1.54, 1.807) is 6.20 Å². The van der Waals surface area contributed by atoms with Crippen molar-refractivity contribution < 1.29 is 8.42 Å². The Bertz CT molecular complexity index is 916. The van der Waals surface area contributed by atoms with E-state index in [-0.39, 0.29) is 5.16 Å². The second kappa shape index (κ2) is 5.09. The summed E-state index contributed by atoms with van der Waals surface area (Å²) in [4.78, 5) is 4.28. The molecule has 108 valence electrons. The van der Waals surface area contributed by atoms with Crippen molar-refractivity contribution in [3.63, 3.8) is 0 Å². The van der Waals surface area contributed by atoms with Crippen molar-refractivity contribution in [1.82, 2.24) is 19.7 Å². The van der Waals surface area contributed by atoms with Crippen LogP contribution in [-0.4, -0.2) is 28.2 Å². The van der Waals surface area contributed by atoms with E-state index in [1.807, 2.05) is 37.3 Å². The first-order valence-electron chi connectivity index (χ1n) is 6.24. The van der Waals surface area contributed by atoms with Crippen molar-refractivity contribution >= 4 is 30.6 Å². The molecule has 0 fully saturated rings. The highest BCUT2D eigenvalue weighted by atomic mass is 35.7. The van der Waals surface area contributed by atoms with Gasteiger partial charge in [0, 0.05) is 34.4 Å². The van der Waals surface area contributed by atoms with Gasteiger partial charge in [-0.3, -0.25) is 9.55 Å². The normalized spacial score (nSPS) is 11.9. The number of pyridine rings is 1. The van der Waals surface area contributed by atoms with Crippen LogP contribution in [0.3, 0.4) is 0 Å². The molecular formula is C13H11ClN4O2S. The molecule has 0 saturated carbocycles. The lowest BCUT2D eigenvalue weighted by atomic mass is 10.1. The Hall–Kier alpha value is -1.99. The molecule has 3 rings (SSSR count). The van der Waals surface area contributed by atoms with Crippen LogP contribution < -0.4 is 0 Å². The predicted octanol–water partition coefficient (Wildman–Crippen LogP) is 2.44. The van der Waals surface area contributed by atoms with Crippen molar-refractivity contribution in [2.75, 3.05) is 0 Å². The monoisotopic (exact) mass is 322 g/mol. The van der Waals surface area contributed by atoms with E-state index in [2.05, 4.69) is 15.2 Å². The number of hydrogen-bond donors (Lipinski definition) is 0. The Morgan fingerprint density at radius 3 is 2.71 bits per heavy atom. The zero-order valence-corrected chi connectivity index (χ0v) is 12.6. The number of aromatic nitrogens is 4. The highest BCUT2D eigenvalue weighted by molar-refractivity contribution is 8.13. The van der Waals surface area contributed by atoms with Gasteiger partial charge < -0.3 is 0 Å². The second-order valence-electron chi connectivity index (χ2n) is 4.36. The number of fused-ring (bicyclic) bond motifs is 1. The largest absolute Gasteiger partial charge is 0.297 e. The van der Waals surface area contributed by atoms with Crippen molar-refractivity contribution in [3.8, 4) is 11.4 Å². The molecular weight excluding hydrogens is 312 g/mol. The van der Waals surface area contributed by atoms with Crippen molar-refractivity contribution in [2.45, 2.75) is 18.6 Å². The van der Waals surface area contributed by atoms with Gasteiger partial charge in [-0.25, -0.2) is 8.42 Å². The maximum atomic E-state index is 11.6. The molecule has 0 radical (unpaired) electrons. The fraction of sp³-hybridized carbons (Fsp3) is 0.154. The molecule has 0 N–H and O–H groups in total. The zero-order chi connectivity index (χ0) is 15.0. The van der Waals surface area contributed by atoms with Crippen LogP contribution in [0.5, 0.6) is 0 Å². The number of rotatable bonds is 3. The molecule has 2 heterocycles. The molecule has 3 aromatic rings. The summed E-state index contributed by atoms with van der Waals surface area (Å²) in [5.41, 5.74) is 1.57. The summed E-state index contributed by atoms with van der Waals surface area (Å²) in [6.45, 7) is 2.20. The van der Waals surface area contributed by atoms with Crippen LogP contribution in [0, 0.1) is 0 Å². The molecule has 0 spiro atoms. The van der Waals surface area contributed by atoms with E-state index in [9.17, 15) is 8.42 Å². The average molecular weight is 323 g/mol. The highest BCUT2D eigenvalue weighted by Gasteiger charge is 2.23. The molecule has 0 unspecified atom stereocenters. The smallest absolute Gasteiger partial charge is 0.296 e. The number of nitrogens with zero attached hydrogens (tertiary/aromatic N) is 4. The first-order valence-corrected chi connectivity index (χ1v) is 8.55. The van der Waals surface area contributed by atoms with E-state index in [4.69, 9.17) is 10.7 Å². The molecule has 0 atom stereocenters. The average Bonchev–Trinajstić information content (AvgIpc) is 2.90. The van der Waals surface area contributed by atoms with Gasteiger partial charge in [0.1, 0.15) is 0 Å². The molecule has 0 aliphatic heterocycles. The summed E-state index contributed by atoms with van der Waals surface area (Å²) in [6.07, 6.45) is 1.70. The topological polar surface area (TPSA) is 77.7 Å². The number of benzene rings is 1. The van der Waals surface area contributed by atoms with Crippen LogP contribution >= 0.6 is 10.7 Å². The maximum absolute atomic E-state index is 11.6. The second-order valence-corrected chi connectivity index (χ2v) is 6.82. The third-order valence-corrected chi connectivity index (χ3v) is 4.29. The number of halogens is 1. The van der Waals surface area contributed by atoms with Gasteiger partial charge in [-0.05, 0) is 19.1 Å². The summed E-state index contributed by atoms with van der Waals surface area (Å²) in [7, 11) is 1.46. The molecule has 8 heteroatoms. The van der Waals surface area contributed by atoms with Gasteiger partial charge in [-0.15, -0.1) is 10.2 Å². The van der Waals surface area contributed by atoms with Gasteiger partial charge in [0.05, 0.1) is 5.52 Å². The molecule has 2 aromatic heterocycles. The van der Waals surface area contributed by atoms with Gasteiger partial charge in [0.25, 0.3) is 14.2 Å². The van der Waals surface area contributed by atoms with Crippen LogP contribution in [0.2, 0.25) is 0 Å². The van der Waals surface area contributed by atoms with Crippen LogP contribution in [0.15, 0.2) is 41.7 Å². The lowest BCUT2D eigenvalue weighted by molar-refractivity contribution is 0.583. The van der Waals surface area contributed by atoms with Crippen LogP contribution in [0.25, 0.3) is 22.3 Å². The molecule has 0 saturated heterocycles. The minimum absolute atomic E-state index is 0.248. The molecule has 0 aliphatic carbocycles. The predicted molar refractivity (Wildman–Crippen MR) is 79.5 cm³/mol. The van der Waals surface area contributed by atoms with Gasteiger partial charge >= 0.3 is 0 Å². The van der Waals surface area contributed by atoms with Crippen molar-refractivity contribution in [1.29, 1.82) is 0 Å². The van der Waals surface area contributed by atoms with E-state index in [1.165, 1.54) is 4.57 Å². The third-order valence-electron chi connectivity index (χ3n) is 3.14. The Kier molecular flexibility index (Phi) is 3.38. The first kappa shape index (κ1) is 14.0. The van der Waals surface area contributed by atoms with E-state index < -0.39 is 9.05 Å². The molecule has 0 aliphatic rings.